The fourth-order valence-electron chi connectivity index (χ4n) is 3.41. The van der Waals surface area contributed by atoms with Crippen molar-refractivity contribution in [2.45, 2.75) is 12.5 Å². The molecular formula is C27H23N. The molecule has 4 aromatic rings. The highest BCUT2D eigenvalue weighted by atomic mass is 14.8. The van der Waals surface area contributed by atoms with Crippen LogP contribution in [0.25, 0.3) is 0 Å². The molecule has 0 saturated carbocycles. The van der Waals surface area contributed by atoms with Crippen molar-refractivity contribution in [2.24, 2.45) is 4.99 Å². The minimum absolute atomic E-state index is 0.0266. The second kappa shape index (κ2) is 8.96. The predicted molar refractivity (Wildman–Crippen MR) is 118 cm³/mol. The Hall–Kier alpha value is -3.45. The second-order valence-corrected chi connectivity index (χ2v) is 6.83. The highest BCUT2D eigenvalue weighted by Gasteiger charge is 2.15. The Balaban J connectivity index is 1.81. The molecule has 0 saturated heterocycles. The van der Waals surface area contributed by atoms with Gasteiger partial charge in [0, 0.05) is 12.1 Å². The summed E-state index contributed by atoms with van der Waals surface area (Å²) >= 11 is 0. The first-order valence-electron chi connectivity index (χ1n) is 9.66. The number of aliphatic imine (C=N–C) groups is 1. The second-order valence-electron chi connectivity index (χ2n) is 6.83. The van der Waals surface area contributed by atoms with Crippen molar-refractivity contribution in [1.29, 1.82) is 0 Å². The van der Waals surface area contributed by atoms with E-state index in [0.717, 1.165) is 12.1 Å². The van der Waals surface area contributed by atoms with Gasteiger partial charge in [0.05, 0.1) is 0 Å². The van der Waals surface area contributed by atoms with Crippen molar-refractivity contribution in [3.63, 3.8) is 0 Å². The van der Waals surface area contributed by atoms with Crippen molar-refractivity contribution < 1.29 is 0 Å². The highest BCUT2D eigenvalue weighted by Crippen LogP contribution is 2.27. The summed E-state index contributed by atoms with van der Waals surface area (Å²) in [5, 5.41) is 0. The Morgan fingerprint density at radius 2 is 0.964 bits per heavy atom. The summed E-state index contributed by atoms with van der Waals surface area (Å²) in [6, 6.07) is 42.1. The van der Waals surface area contributed by atoms with Crippen LogP contribution in [0.5, 0.6) is 0 Å². The van der Waals surface area contributed by atoms with Crippen LogP contribution < -0.4 is 0 Å². The van der Waals surface area contributed by atoms with Gasteiger partial charge in [-0.15, -0.1) is 0 Å². The average Bonchev–Trinajstić information content (AvgIpc) is 2.79. The van der Waals surface area contributed by atoms with Crippen molar-refractivity contribution in [1.82, 2.24) is 0 Å². The Kier molecular flexibility index (Phi) is 5.74. The SMILES string of the molecule is c1ccc(CC(=NC(c2ccccc2)c2ccccc2)c2ccccc2)cc1. The molecule has 4 aromatic carbocycles. The largest absolute Gasteiger partial charge is 0.276 e. The summed E-state index contributed by atoms with van der Waals surface area (Å²) in [7, 11) is 0. The number of nitrogens with zero attached hydrogens (tertiary/aromatic N) is 1. The molecule has 0 aliphatic carbocycles. The van der Waals surface area contributed by atoms with Gasteiger partial charge in [-0.25, -0.2) is 0 Å². The fraction of sp³-hybridized carbons (Fsp3) is 0.0741. The van der Waals surface area contributed by atoms with Crippen LogP contribution >= 0.6 is 0 Å². The van der Waals surface area contributed by atoms with Crippen LogP contribution in [-0.2, 0) is 6.42 Å². The van der Waals surface area contributed by atoms with Gasteiger partial charge in [-0.3, -0.25) is 4.99 Å². The number of rotatable bonds is 6. The molecule has 0 amide bonds. The Bertz CT molecular complexity index is 967. The summed E-state index contributed by atoms with van der Waals surface area (Å²) in [6.45, 7) is 0. The van der Waals surface area contributed by atoms with Crippen LogP contribution in [0.15, 0.2) is 126 Å². The van der Waals surface area contributed by atoms with Gasteiger partial charge in [0.1, 0.15) is 6.04 Å². The molecule has 1 nitrogen and oxygen atoms in total. The van der Waals surface area contributed by atoms with Crippen LogP contribution in [-0.4, -0.2) is 5.71 Å². The zero-order chi connectivity index (χ0) is 19.0. The van der Waals surface area contributed by atoms with Gasteiger partial charge in [-0.2, -0.15) is 0 Å². The Morgan fingerprint density at radius 1 is 0.536 bits per heavy atom. The number of hydrogen-bond donors (Lipinski definition) is 0. The molecule has 0 atom stereocenters. The molecule has 0 radical (unpaired) electrons. The summed E-state index contributed by atoms with van der Waals surface area (Å²) in [5.41, 5.74) is 5.95. The van der Waals surface area contributed by atoms with Crippen molar-refractivity contribution in [3.8, 4) is 0 Å². The lowest BCUT2D eigenvalue weighted by atomic mass is 9.97. The molecule has 136 valence electrons. The van der Waals surface area contributed by atoms with Crippen LogP contribution in [0.3, 0.4) is 0 Å². The molecule has 0 aromatic heterocycles. The van der Waals surface area contributed by atoms with Gasteiger partial charge < -0.3 is 0 Å². The van der Waals surface area contributed by atoms with Crippen LogP contribution in [0, 0.1) is 0 Å². The molecule has 0 N–H and O–H groups in total. The standard InChI is InChI=1S/C27H23N/c1-5-13-22(14-6-1)21-26(23-15-7-2-8-16-23)28-27(24-17-9-3-10-18-24)25-19-11-4-12-20-25/h1-20,27H,21H2. The zero-order valence-corrected chi connectivity index (χ0v) is 15.8. The van der Waals surface area contributed by atoms with Crippen molar-refractivity contribution in [2.75, 3.05) is 0 Å². The van der Waals surface area contributed by atoms with E-state index in [4.69, 9.17) is 4.99 Å². The molecule has 0 fully saturated rings. The topological polar surface area (TPSA) is 12.4 Å². The molecule has 1 heteroatoms. The molecule has 4 rings (SSSR count). The monoisotopic (exact) mass is 361 g/mol. The minimum atomic E-state index is -0.0266. The maximum atomic E-state index is 5.30. The molecule has 0 heterocycles. The third-order valence-electron chi connectivity index (χ3n) is 4.84. The van der Waals surface area contributed by atoms with Gasteiger partial charge in [0.15, 0.2) is 0 Å². The van der Waals surface area contributed by atoms with Gasteiger partial charge in [0.25, 0.3) is 0 Å². The number of benzene rings is 4. The Labute approximate surface area is 167 Å². The fourth-order valence-corrected chi connectivity index (χ4v) is 3.41. The van der Waals surface area contributed by atoms with E-state index in [2.05, 4.69) is 121 Å². The van der Waals surface area contributed by atoms with E-state index in [1.54, 1.807) is 0 Å². The predicted octanol–water partition coefficient (Wildman–Crippen LogP) is 6.51. The quantitative estimate of drug-likeness (QED) is 0.347. The van der Waals surface area contributed by atoms with Gasteiger partial charge in [0.2, 0.25) is 0 Å². The first-order valence-corrected chi connectivity index (χ1v) is 9.66. The number of hydrogen-bond acceptors (Lipinski definition) is 1. The van der Waals surface area contributed by atoms with E-state index in [1.165, 1.54) is 22.3 Å². The maximum absolute atomic E-state index is 5.30. The molecule has 0 spiro atoms. The maximum Gasteiger partial charge on any atom is 0.100 e. The summed E-state index contributed by atoms with van der Waals surface area (Å²) in [4.78, 5) is 5.30. The molecular weight excluding hydrogens is 338 g/mol. The first-order chi connectivity index (χ1) is 13.9. The smallest absolute Gasteiger partial charge is 0.100 e. The van der Waals surface area contributed by atoms with E-state index in [-0.39, 0.29) is 6.04 Å². The molecule has 0 unspecified atom stereocenters. The minimum Gasteiger partial charge on any atom is -0.276 e. The normalized spacial score (nSPS) is 11.5. The van der Waals surface area contributed by atoms with Crippen LogP contribution in [0.1, 0.15) is 28.3 Å². The van der Waals surface area contributed by atoms with E-state index in [1.807, 2.05) is 0 Å². The van der Waals surface area contributed by atoms with E-state index in [0.29, 0.717) is 0 Å². The van der Waals surface area contributed by atoms with Crippen molar-refractivity contribution in [3.05, 3.63) is 144 Å². The molecule has 0 bridgehead atoms. The first kappa shape index (κ1) is 17.9. The van der Waals surface area contributed by atoms with Crippen molar-refractivity contribution >= 4 is 5.71 Å². The van der Waals surface area contributed by atoms with E-state index < -0.39 is 0 Å². The van der Waals surface area contributed by atoms with E-state index >= 15 is 0 Å². The molecule has 0 aliphatic heterocycles. The van der Waals surface area contributed by atoms with Crippen LogP contribution in [0.2, 0.25) is 0 Å². The summed E-state index contributed by atoms with van der Waals surface area (Å²) in [5.74, 6) is 0. The highest BCUT2D eigenvalue weighted by molar-refractivity contribution is 6.02. The third-order valence-corrected chi connectivity index (χ3v) is 4.84. The van der Waals surface area contributed by atoms with Crippen LogP contribution in [0.4, 0.5) is 0 Å². The molecule has 28 heavy (non-hydrogen) atoms. The third kappa shape index (κ3) is 4.44. The summed E-state index contributed by atoms with van der Waals surface area (Å²) < 4.78 is 0. The lowest BCUT2D eigenvalue weighted by molar-refractivity contribution is 0.868. The zero-order valence-electron chi connectivity index (χ0n) is 15.8. The van der Waals surface area contributed by atoms with E-state index in [9.17, 15) is 0 Å². The van der Waals surface area contributed by atoms with Gasteiger partial charge in [-0.1, -0.05) is 121 Å². The lowest BCUT2D eigenvalue weighted by Crippen LogP contribution is -2.09. The van der Waals surface area contributed by atoms with Gasteiger partial charge >= 0.3 is 0 Å². The lowest BCUT2D eigenvalue weighted by Gasteiger charge is -2.17. The average molecular weight is 361 g/mol. The summed E-state index contributed by atoms with van der Waals surface area (Å²) in [6.07, 6.45) is 0.807. The molecule has 0 aliphatic rings. The Morgan fingerprint density at radius 3 is 1.46 bits per heavy atom. The van der Waals surface area contributed by atoms with Gasteiger partial charge in [-0.05, 0) is 22.3 Å².